The van der Waals surface area contributed by atoms with Gasteiger partial charge >= 0.3 is 0 Å². The molecule has 0 bridgehead atoms. The van der Waals surface area contributed by atoms with E-state index in [1.54, 1.807) is 30.4 Å². The van der Waals surface area contributed by atoms with Gasteiger partial charge in [0.05, 0.1) is 26.5 Å². The summed E-state index contributed by atoms with van der Waals surface area (Å²) in [5, 5.41) is 7.72. The van der Waals surface area contributed by atoms with E-state index in [1.807, 2.05) is 25.1 Å². The highest BCUT2D eigenvalue weighted by molar-refractivity contribution is 7.80. The number of carbonyl (C=O) groups is 1. The lowest BCUT2D eigenvalue weighted by Gasteiger charge is -2.26. The maximum atomic E-state index is 12.3. The quantitative estimate of drug-likeness (QED) is 0.377. The first kappa shape index (κ1) is 23.5. The van der Waals surface area contributed by atoms with E-state index in [4.69, 9.17) is 26.4 Å². The SMILES string of the molecule is COc1cc(/C=N/NC(=S)Nc2cccc(C)c2C)ccc1OCC(=O)N1CCOCC1. The third-order valence-corrected chi connectivity index (χ3v) is 5.33. The number of aryl methyl sites for hydroxylation is 1. The number of morpholine rings is 1. The molecule has 2 aromatic carbocycles. The predicted octanol–water partition coefficient (Wildman–Crippen LogP) is 2.87. The van der Waals surface area contributed by atoms with Gasteiger partial charge in [-0.15, -0.1) is 0 Å². The van der Waals surface area contributed by atoms with E-state index in [1.165, 1.54) is 5.56 Å². The van der Waals surface area contributed by atoms with Crippen LogP contribution in [0, 0.1) is 13.8 Å². The number of nitrogens with zero attached hydrogens (tertiary/aromatic N) is 2. The van der Waals surface area contributed by atoms with Crippen LogP contribution in [0.25, 0.3) is 0 Å². The van der Waals surface area contributed by atoms with Crippen molar-refractivity contribution in [2.75, 3.05) is 45.3 Å². The molecule has 0 atom stereocenters. The number of carbonyl (C=O) groups excluding carboxylic acids is 1. The fraction of sp³-hybridized carbons (Fsp3) is 0.348. The van der Waals surface area contributed by atoms with Crippen molar-refractivity contribution in [3.05, 3.63) is 53.1 Å². The lowest BCUT2D eigenvalue weighted by Crippen LogP contribution is -2.43. The summed E-state index contributed by atoms with van der Waals surface area (Å²) < 4.78 is 16.3. The Kier molecular flexibility index (Phi) is 8.41. The third-order valence-electron chi connectivity index (χ3n) is 5.14. The zero-order valence-corrected chi connectivity index (χ0v) is 19.3. The number of benzene rings is 2. The fourth-order valence-corrected chi connectivity index (χ4v) is 3.29. The molecule has 1 aliphatic rings. The van der Waals surface area contributed by atoms with Crippen molar-refractivity contribution in [3.8, 4) is 11.5 Å². The Balaban J connectivity index is 1.54. The van der Waals surface area contributed by atoms with Crippen molar-refractivity contribution in [1.29, 1.82) is 0 Å². The van der Waals surface area contributed by atoms with Gasteiger partial charge in [-0.1, -0.05) is 12.1 Å². The van der Waals surface area contributed by atoms with E-state index in [0.717, 1.165) is 16.8 Å². The molecule has 0 spiro atoms. The molecule has 170 valence electrons. The Labute approximate surface area is 193 Å². The first-order chi connectivity index (χ1) is 15.5. The van der Waals surface area contributed by atoms with Gasteiger partial charge in [0.1, 0.15) is 0 Å². The van der Waals surface area contributed by atoms with Crippen LogP contribution >= 0.6 is 12.2 Å². The first-order valence-corrected chi connectivity index (χ1v) is 10.7. The Morgan fingerprint density at radius 3 is 2.75 bits per heavy atom. The molecular formula is C23H28N4O4S. The highest BCUT2D eigenvalue weighted by Crippen LogP contribution is 2.27. The van der Waals surface area contributed by atoms with E-state index in [9.17, 15) is 4.79 Å². The molecule has 1 amide bonds. The van der Waals surface area contributed by atoms with Gasteiger partial charge in [0, 0.05) is 18.8 Å². The van der Waals surface area contributed by atoms with E-state index in [2.05, 4.69) is 28.8 Å². The first-order valence-electron chi connectivity index (χ1n) is 10.3. The van der Waals surface area contributed by atoms with Crippen LogP contribution in [0.1, 0.15) is 16.7 Å². The maximum Gasteiger partial charge on any atom is 0.260 e. The molecule has 9 heteroatoms. The maximum absolute atomic E-state index is 12.3. The summed E-state index contributed by atoms with van der Waals surface area (Å²) in [4.78, 5) is 14.0. The summed E-state index contributed by atoms with van der Waals surface area (Å²) in [6.07, 6.45) is 1.63. The second-order valence-corrected chi connectivity index (χ2v) is 7.67. The molecule has 0 aromatic heterocycles. The summed E-state index contributed by atoms with van der Waals surface area (Å²) in [7, 11) is 1.55. The van der Waals surface area contributed by atoms with Crippen LogP contribution < -0.4 is 20.2 Å². The summed E-state index contributed by atoms with van der Waals surface area (Å²) in [6, 6.07) is 11.3. The average molecular weight is 457 g/mol. The minimum Gasteiger partial charge on any atom is -0.493 e. The van der Waals surface area contributed by atoms with Gasteiger partial charge in [0.25, 0.3) is 5.91 Å². The number of methoxy groups -OCH3 is 1. The summed E-state index contributed by atoms with van der Waals surface area (Å²) in [6.45, 7) is 6.32. The number of ether oxygens (including phenoxy) is 3. The summed E-state index contributed by atoms with van der Waals surface area (Å²) >= 11 is 5.31. The van der Waals surface area contributed by atoms with Crippen molar-refractivity contribution in [2.24, 2.45) is 5.10 Å². The number of rotatable bonds is 7. The largest absolute Gasteiger partial charge is 0.493 e. The van der Waals surface area contributed by atoms with Gasteiger partial charge in [0.15, 0.2) is 23.2 Å². The standard InChI is InChI=1S/C23H28N4O4S/c1-16-5-4-6-19(17(16)2)25-23(32)26-24-14-18-7-8-20(21(13-18)29-3)31-15-22(28)27-9-11-30-12-10-27/h4-8,13-14H,9-12,15H2,1-3H3,(H2,25,26,32)/b24-14+. The number of thiocarbonyl (C=S) groups is 1. The molecule has 8 nitrogen and oxygen atoms in total. The zero-order valence-electron chi connectivity index (χ0n) is 18.5. The Bertz CT molecular complexity index is 990. The van der Waals surface area contributed by atoms with Crippen molar-refractivity contribution in [2.45, 2.75) is 13.8 Å². The average Bonchev–Trinajstić information content (AvgIpc) is 2.81. The van der Waals surface area contributed by atoms with Crippen molar-refractivity contribution in [3.63, 3.8) is 0 Å². The molecule has 2 aromatic rings. The predicted molar refractivity (Wildman–Crippen MR) is 129 cm³/mol. The van der Waals surface area contributed by atoms with Gasteiger partial charge in [-0.05, 0) is 67.0 Å². The van der Waals surface area contributed by atoms with Crippen LogP contribution in [0.5, 0.6) is 11.5 Å². The van der Waals surface area contributed by atoms with Crippen LogP contribution in [-0.2, 0) is 9.53 Å². The molecule has 3 rings (SSSR count). The molecule has 1 aliphatic heterocycles. The number of hydrogen-bond acceptors (Lipinski definition) is 6. The van der Waals surface area contributed by atoms with E-state index >= 15 is 0 Å². The van der Waals surface area contributed by atoms with Crippen molar-refractivity contribution < 1.29 is 19.0 Å². The molecule has 1 fully saturated rings. The van der Waals surface area contributed by atoms with Gasteiger partial charge < -0.3 is 24.4 Å². The molecule has 1 saturated heterocycles. The highest BCUT2D eigenvalue weighted by atomic mass is 32.1. The van der Waals surface area contributed by atoms with Crippen LogP contribution in [0.4, 0.5) is 5.69 Å². The molecule has 2 N–H and O–H groups in total. The number of anilines is 1. The normalized spacial score (nSPS) is 13.7. The summed E-state index contributed by atoms with van der Waals surface area (Å²) in [5.41, 5.74) is 6.85. The summed E-state index contributed by atoms with van der Waals surface area (Å²) in [5.74, 6) is 0.932. The monoisotopic (exact) mass is 456 g/mol. The molecule has 32 heavy (non-hydrogen) atoms. The topological polar surface area (TPSA) is 84.4 Å². The number of hydrazone groups is 1. The van der Waals surface area contributed by atoms with Crippen LogP contribution in [0.3, 0.4) is 0 Å². The second kappa shape index (κ2) is 11.4. The van der Waals surface area contributed by atoms with Crippen molar-refractivity contribution in [1.82, 2.24) is 10.3 Å². The third kappa shape index (κ3) is 6.41. The Morgan fingerprint density at radius 1 is 1.22 bits per heavy atom. The molecule has 1 heterocycles. The van der Waals surface area contributed by atoms with E-state index in [-0.39, 0.29) is 12.5 Å². The number of hydrogen-bond donors (Lipinski definition) is 2. The molecule has 0 aliphatic carbocycles. The van der Waals surface area contributed by atoms with Crippen molar-refractivity contribution >= 4 is 35.1 Å². The lowest BCUT2D eigenvalue weighted by molar-refractivity contribution is -0.137. The molecule has 0 unspecified atom stereocenters. The molecular weight excluding hydrogens is 428 g/mol. The molecule has 0 saturated carbocycles. The Morgan fingerprint density at radius 2 is 2.00 bits per heavy atom. The van der Waals surface area contributed by atoms with Crippen LogP contribution in [0.15, 0.2) is 41.5 Å². The lowest BCUT2D eigenvalue weighted by atomic mass is 10.1. The number of nitrogens with one attached hydrogen (secondary N) is 2. The fourth-order valence-electron chi connectivity index (χ4n) is 3.13. The van der Waals surface area contributed by atoms with Gasteiger partial charge in [-0.2, -0.15) is 5.10 Å². The van der Waals surface area contributed by atoms with Crippen LogP contribution in [0.2, 0.25) is 0 Å². The molecule has 0 radical (unpaired) electrons. The Hall–Kier alpha value is -3.17. The smallest absolute Gasteiger partial charge is 0.260 e. The van der Waals surface area contributed by atoms with Gasteiger partial charge in [-0.3, -0.25) is 10.2 Å². The van der Waals surface area contributed by atoms with E-state index in [0.29, 0.717) is 42.9 Å². The second-order valence-electron chi connectivity index (χ2n) is 7.26. The van der Waals surface area contributed by atoms with E-state index < -0.39 is 0 Å². The van der Waals surface area contributed by atoms with Gasteiger partial charge in [-0.25, -0.2) is 0 Å². The highest BCUT2D eigenvalue weighted by Gasteiger charge is 2.18. The van der Waals surface area contributed by atoms with Gasteiger partial charge in [0.2, 0.25) is 0 Å². The minimum absolute atomic E-state index is 0.0519. The minimum atomic E-state index is -0.0740. The zero-order chi connectivity index (χ0) is 22.9. The van der Waals surface area contributed by atoms with Crippen LogP contribution in [-0.4, -0.2) is 62.2 Å². The number of amides is 1.